The summed E-state index contributed by atoms with van der Waals surface area (Å²) in [5, 5.41) is 5.67. The van der Waals surface area contributed by atoms with Crippen LogP contribution in [0, 0.1) is 13.8 Å². The molecule has 0 saturated carbocycles. The molecule has 0 aliphatic carbocycles. The molecule has 0 fully saturated rings. The van der Waals surface area contributed by atoms with Crippen molar-refractivity contribution in [2.75, 3.05) is 15.4 Å². The monoisotopic (exact) mass is 441 g/mol. The highest BCUT2D eigenvalue weighted by Crippen LogP contribution is 2.36. The van der Waals surface area contributed by atoms with E-state index < -0.39 is 0 Å². The average Bonchev–Trinajstić information content (AvgIpc) is 2.53. The predicted octanol–water partition coefficient (Wildman–Crippen LogP) is 5.37. The van der Waals surface area contributed by atoms with Crippen molar-refractivity contribution in [2.24, 2.45) is 0 Å². The van der Waals surface area contributed by atoms with E-state index in [1.165, 1.54) is 18.9 Å². The third kappa shape index (κ3) is 5.14. The standard InChI is InChI=1S/C17H17BrClN3O2S/c1-9-4-12(5-10(2)17(9)18)22-25-16-7-15(21-11(3)24)14(20-8-23)6-13(16)19/h4-8,22H,1-3H3,(H,20,23)(H,21,24). The summed E-state index contributed by atoms with van der Waals surface area (Å²) in [5.74, 6) is -0.237. The van der Waals surface area contributed by atoms with Gasteiger partial charge >= 0.3 is 0 Å². The highest BCUT2D eigenvalue weighted by Gasteiger charge is 2.11. The number of aryl methyl sites for hydroxylation is 2. The van der Waals surface area contributed by atoms with Gasteiger partial charge < -0.3 is 15.4 Å². The number of amides is 2. The molecule has 2 aromatic rings. The third-order valence-corrected chi connectivity index (χ3v) is 5.88. The van der Waals surface area contributed by atoms with Crippen LogP contribution in [-0.4, -0.2) is 12.3 Å². The number of benzene rings is 2. The van der Waals surface area contributed by atoms with Crippen molar-refractivity contribution >= 4 is 68.9 Å². The molecule has 0 saturated heterocycles. The van der Waals surface area contributed by atoms with Crippen molar-refractivity contribution in [3.8, 4) is 0 Å². The summed E-state index contributed by atoms with van der Waals surface area (Å²) in [7, 11) is 0. The molecule has 0 aliphatic rings. The first kappa shape index (κ1) is 19.6. The van der Waals surface area contributed by atoms with Crippen LogP contribution < -0.4 is 15.4 Å². The topological polar surface area (TPSA) is 70.2 Å². The maximum absolute atomic E-state index is 11.4. The minimum atomic E-state index is -0.237. The first-order valence-corrected chi connectivity index (χ1v) is 9.31. The van der Waals surface area contributed by atoms with Crippen LogP contribution in [0.5, 0.6) is 0 Å². The Balaban J connectivity index is 2.26. The van der Waals surface area contributed by atoms with Crippen molar-refractivity contribution in [1.29, 1.82) is 0 Å². The molecule has 0 spiro atoms. The van der Waals surface area contributed by atoms with Crippen LogP contribution >= 0.6 is 39.5 Å². The zero-order chi connectivity index (χ0) is 18.6. The average molecular weight is 443 g/mol. The maximum Gasteiger partial charge on any atom is 0.221 e. The summed E-state index contributed by atoms with van der Waals surface area (Å²) < 4.78 is 4.33. The van der Waals surface area contributed by atoms with Gasteiger partial charge in [-0.1, -0.05) is 27.5 Å². The quantitative estimate of drug-likeness (QED) is 0.416. The number of hydrogen-bond acceptors (Lipinski definition) is 4. The van der Waals surface area contributed by atoms with Crippen LogP contribution in [0.4, 0.5) is 17.1 Å². The van der Waals surface area contributed by atoms with Crippen LogP contribution in [0.3, 0.4) is 0 Å². The first-order chi connectivity index (χ1) is 11.8. The van der Waals surface area contributed by atoms with Crippen LogP contribution in [0.2, 0.25) is 5.02 Å². The number of anilines is 3. The molecule has 132 valence electrons. The van der Waals surface area contributed by atoms with E-state index in [9.17, 15) is 9.59 Å². The lowest BCUT2D eigenvalue weighted by molar-refractivity contribution is -0.114. The molecule has 5 nitrogen and oxygen atoms in total. The Morgan fingerprint density at radius 3 is 2.36 bits per heavy atom. The fourth-order valence-electron chi connectivity index (χ4n) is 2.23. The van der Waals surface area contributed by atoms with Crippen LogP contribution in [0.1, 0.15) is 18.1 Å². The highest BCUT2D eigenvalue weighted by atomic mass is 79.9. The summed E-state index contributed by atoms with van der Waals surface area (Å²) in [4.78, 5) is 22.8. The molecule has 0 radical (unpaired) electrons. The zero-order valence-electron chi connectivity index (χ0n) is 13.9. The summed E-state index contributed by atoms with van der Waals surface area (Å²) in [6.07, 6.45) is 0.537. The van der Waals surface area contributed by atoms with Gasteiger partial charge in [0.05, 0.1) is 16.4 Å². The van der Waals surface area contributed by atoms with Gasteiger partial charge in [-0.05, 0) is 61.2 Å². The largest absolute Gasteiger partial charge is 0.327 e. The SMILES string of the molecule is CC(=O)Nc1cc(SNc2cc(C)c(Br)c(C)c2)c(Cl)cc1NC=O. The van der Waals surface area contributed by atoms with Gasteiger partial charge in [-0.3, -0.25) is 9.59 Å². The number of hydrogen-bond donors (Lipinski definition) is 3. The van der Waals surface area contributed by atoms with E-state index in [-0.39, 0.29) is 5.91 Å². The molecule has 3 N–H and O–H groups in total. The van der Waals surface area contributed by atoms with E-state index in [1.54, 1.807) is 12.1 Å². The van der Waals surface area contributed by atoms with Gasteiger partial charge in [0.1, 0.15) is 0 Å². The van der Waals surface area contributed by atoms with Gasteiger partial charge in [-0.25, -0.2) is 0 Å². The molecule has 8 heteroatoms. The Morgan fingerprint density at radius 2 is 1.80 bits per heavy atom. The van der Waals surface area contributed by atoms with Crippen LogP contribution in [-0.2, 0) is 9.59 Å². The second-order valence-corrected chi connectivity index (χ2v) is 7.45. The Bertz CT molecular complexity index is 807. The van der Waals surface area contributed by atoms with Crippen molar-refractivity contribution in [2.45, 2.75) is 25.7 Å². The molecular weight excluding hydrogens is 426 g/mol. The number of carbonyl (C=O) groups excluding carboxylic acids is 2. The van der Waals surface area contributed by atoms with Gasteiger partial charge in [0.15, 0.2) is 0 Å². The lowest BCUT2D eigenvalue weighted by Gasteiger charge is -2.14. The fourth-order valence-corrected chi connectivity index (χ4v) is 3.41. The van der Waals surface area contributed by atoms with E-state index in [2.05, 4.69) is 31.3 Å². The molecule has 0 heterocycles. The minimum Gasteiger partial charge on any atom is -0.327 e. The molecule has 0 aliphatic heterocycles. The smallest absolute Gasteiger partial charge is 0.221 e. The lowest BCUT2D eigenvalue weighted by Crippen LogP contribution is -2.09. The molecule has 2 aromatic carbocycles. The Morgan fingerprint density at radius 1 is 1.16 bits per heavy atom. The number of carbonyl (C=O) groups is 2. The van der Waals surface area contributed by atoms with Crippen molar-refractivity contribution in [3.63, 3.8) is 0 Å². The van der Waals surface area contributed by atoms with E-state index in [4.69, 9.17) is 11.6 Å². The molecule has 2 rings (SSSR count). The molecule has 25 heavy (non-hydrogen) atoms. The van der Waals surface area contributed by atoms with Gasteiger partial charge in [0.2, 0.25) is 12.3 Å². The normalized spacial score (nSPS) is 10.3. The maximum atomic E-state index is 11.4. The summed E-state index contributed by atoms with van der Waals surface area (Å²) in [6.45, 7) is 5.45. The summed E-state index contributed by atoms with van der Waals surface area (Å²) in [6, 6.07) is 7.36. The van der Waals surface area contributed by atoms with E-state index in [0.29, 0.717) is 22.8 Å². The second-order valence-electron chi connectivity index (χ2n) is 5.40. The third-order valence-electron chi connectivity index (χ3n) is 3.31. The molecule has 0 aromatic heterocycles. The molecule has 0 atom stereocenters. The zero-order valence-corrected chi connectivity index (χ0v) is 17.0. The van der Waals surface area contributed by atoms with Gasteiger partial charge in [-0.2, -0.15) is 0 Å². The summed E-state index contributed by atoms with van der Waals surface area (Å²) >= 11 is 11.2. The number of nitrogens with one attached hydrogen (secondary N) is 3. The van der Waals surface area contributed by atoms with E-state index in [0.717, 1.165) is 26.2 Å². The van der Waals surface area contributed by atoms with Crippen LogP contribution in [0.25, 0.3) is 0 Å². The van der Waals surface area contributed by atoms with Crippen LogP contribution in [0.15, 0.2) is 33.6 Å². The number of rotatable bonds is 6. The fraction of sp³-hybridized carbons (Fsp3) is 0.176. The molecule has 0 bridgehead atoms. The van der Waals surface area contributed by atoms with E-state index >= 15 is 0 Å². The highest BCUT2D eigenvalue weighted by molar-refractivity contribution is 9.10. The first-order valence-electron chi connectivity index (χ1n) is 7.32. The Kier molecular flexibility index (Phi) is 6.75. The minimum absolute atomic E-state index is 0.237. The lowest BCUT2D eigenvalue weighted by atomic mass is 10.1. The van der Waals surface area contributed by atoms with Gasteiger partial charge in [0, 0.05) is 22.0 Å². The van der Waals surface area contributed by atoms with Gasteiger partial charge in [-0.15, -0.1) is 0 Å². The van der Waals surface area contributed by atoms with Crippen molar-refractivity contribution in [1.82, 2.24) is 0 Å². The predicted molar refractivity (Wildman–Crippen MR) is 109 cm³/mol. The second kappa shape index (κ2) is 8.60. The Hall–Kier alpha value is -1.70. The Labute approximate surface area is 164 Å². The molecule has 0 unspecified atom stereocenters. The number of halogens is 2. The van der Waals surface area contributed by atoms with Crippen molar-refractivity contribution in [3.05, 3.63) is 44.9 Å². The molecular formula is C17H17BrClN3O2S. The molecule has 2 amide bonds. The van der Waals surface area contributed by atoms with E-state index in [1.807, 2.05) is 26.0 Å². The summed E-state index contributed by atoms with van der Waals surface area (Å²) in [5.41, 5.74) is 4.11. The van der Waals surface area contributed by atoms with Crippen molar-refractivity contribution < 1.29 is 9.59 Å². The van der Waals surface area contributed by atoms with Gasteiger partial charge in [0.25, 0.3) is 0 Å².